The molecule has 2 N–H and O–H groups in total. The molecule has 9 heteroatoms. The fourth-order valence-corrected chi connectivity index (χ4v) is 3.93. The number of hydrogen-bond donors (Lipinski definition) is 1. The summed E-state index contributed by atoms with van der Waals surface area (Å²) in [6.07, 6.45) is 1.96. The summed E-state index contributed by atoms with van der Waals surface area (Å²) in [4.78, 5) is 30.2. The quantitative estimate of drug-likeness (QED) is 0.658. The van der Waals surface area contributed by atoms with E-state index in [1.54, 1.807) is 31.2 Å². The van der Waals surface area contributed by atoms with Crippen molar-refractivity contribution in [2.24, 2.45) is 10.7 Å². The van der Waals surface area contributed by atoms with E-state index in [0.717, 1.165) is 16.7 Å². The first-order chi connectivity index (χ1) is 13.8. The van der Waals surface area contributed by atoms with E-state index in [-0.39, 0.29) is 16.6 Å². The number of carbonyl (C=O) groups excluding carboxylic acids is 2. The SMILES string of the molecule is CCC(SC1=N/C(=C/c2ccc(Cl)c(Cl)c2)C(=O)N1c1ccccc1F)C(N)=O. The first-order valence-electron chi connectivity index (χ1n) is 8.62. The molecule has 1 heterocycles. The number of rotatable bonds is 5. The van der Waals surface area contributed by atoms with Crippen LogP contribution in [-0.4, -0.2) is 22.2 Å². The van der Waals surface area contributed by atoms with Crippen LogP contribution in [-0.2, 0) is 9.59 Å². The molecule has 1 aliphatic rings. The lowest BCUT2D eigenvalue weighted by atomic mass is 10.2. The molecule has 0 fully saturated rings. The Labute approximate surface area is 181 Å². The van der Waals surface area contributed by atoms with E-state index in [9.17, 15) is 14.0 Å². The minimum absolute atomic E-state index is 0.0422. The van der Waals surface area contributed by atoms with Gasteiger partial charge in [0.15, 0.2) is 5.17 Å². The molecule has 0 radical (unpaired) electrons. The molecule has 0 aliphatic carbocycles. The van der Waals surface area contributed by atoms with E-state index in [2.05, 4.69) is 4.99 Å². The molecule has 150 valence electrons. The third-order valence-electron chi connectivity index (χ3n) is 4.11. The van der Waals surface area contributed by atoms with Crippen molar-refractivity contribution in [1.29, 1.82) is 0 Å². The summed E-state index contributed by atoms with van der Waals surface area (Å²) in [6, 6.07) is 10.7. The average Bonchev–Trinajstić information content (AvgIpc) is 2.98. The Bertz CT molecular complexity index is 1040. The molecule has 1 unspecified atom stereocenters. The minimum atomic E-state index is -0.611. The standard InChI is InChI=1S/C20H16Cl2FN3O2S/c1-2-17(18(24)27)29-20-25-15(10-11-7-8-12(21)13(22)9-11)19(28)26(20)16-6-4-3-5-14(16)23/h3-10,17H,2H2,1H3,(H2,24,27)/b15-10+. The van der Waals surface area contributed by atoms with Gasteiger partial charge in [0, 0.05) is 0 Å². The lowest BCUT2D eigenvalue weighted by Gasteiger charge is -2.20. The second-order valence-electron chi connectivity index (χ2n) is 6.11. The number of amides is 2. The van der Waals surface area contributed by atoms with Crippen LogP contribution in [0, 0.1) is 5.82 Å². The van der Waals surface area contributed by atoms with Crippen molar-refractivity contribution in [3.05, 3.63) is 69.6 Å². The Balaban J connectivity index is 2.05. The monoisotopic (exact) mass is 451 g/mol. The summed E-state index contributed by atoms with van der Waals surface area (Å²) in [5, 5.41) is 0.277. The number of aliphatic imine (C=N–C) groups is 1. The molecule has 0 saturated carbocycles. The largest absolute Gasteiger partial charge is 0.369 e. The number of nitrogens with two attached hydrogens (primary N) is 1. The van der Waals surface area contributed by atoms with Gasteiger partial charge >= 0.3 is 0 Å². The van der Waals surface area contributed by atoms with E-state index in [0.29, 0.717) is 22.0 Å². The summed E-state index contributed by atoms with van der Waals surface area (Å²) < 4.78 is 14.4. The molecule has 0 spiro atoms. The molecule has 0 aromatic heterocycles. The van der Waals surface area contributed by atoms with E-state index < -0.39 is 22.9 Å². The van der Waals surface area contributed by atoms with Crippen LogP contribution in [0.15, 0.2) is 53.2 Å². The number of anilines is 1. The molecule has 3 rings (SSSR count). The lowest BCUT2D eigenvalue weighted by Crippen LogP contribution is -2.34. The van der Waals surface area contributed by atoms with Crippen molar-refractivity contribution in [2.45, 2.75) is 18.6 Å². The smallest absolute Gasteiger partial charge is 0.283 e. The van der Waals surface area contributed by atoms with Crippen LogP contribution in [0.2, 0.25) is 10.0 Å². The van der Waals surface area contributed by atoms with Gasteiger partial charge in [0.2, 0.25) is 5.91 Å². The van der Waals surface area contributed by atoms with Gasteiger partial charge in [-0.05, 0) is 42.3 Å². The molecular formula is C20H16Cl2FN3O2S. The zero-order valence-electron chi connectivity index (χ0n) is 15.2. The highest BCUT2D eigenvalue weighted by molar-refractivity contribution is 8.15. The molecule has 2 amide bonds. The van der Waals surface area contributed by atoms with Crippen molar-refractivity contribution >= 4 is 63.7 Å². The van der Waals surface area contributed by atoms with E-state index in [1.165, 1.54) is 24.3 Å². The van der Waals surface area contributed by atoms with Gasteiger partial charge in [-0.25, -0.2) is 9.38 Å². The number of thioether (sulfide) groups is 1. The third-order valence-corrected chi connectivity index (χ3v) is 6.18. The molecule has 29 heavy (non-hydrogen) atoms. The zero-order chi connectivity index (χ0) is 21.1. The Hall–Kier alpha value is -2.35. The molecule has 1 aliphatic heterocycles. The zero-order valence-corrected chi connectivity index (χ0v) is 17.6. The maximum atomic E-state index is 14.4. The highest BCUT2D eigenvalue weighted by Gasteiger charge is 2.35. The van der Waals surface area contributed by atoms with E-state index in [1.807, 2.05) is 0 Å². The van der Waals surface area contributed by atoms with Crippen molar-refractivity contribution in [3.63, 3.8) is 0 Å². The van der Waals surface area contributed by atoms with Gasteiger partial charge in [-0.1, -0.05) is 60.1 Å². The second-order valence-corrected chi connectivity index (χ2v) is 8.09. The molecule has 0 bridgehead atoms. The summed E-state index contributed by atoms with van der Waals surface area (Å²) in [6.45, 7) is 1.79. The maximum absolute atomic E-state index is 14.4. The summed E-state index contributed by atoms with van der Waals surface area (Å²) in [5.74, 6) is -1.65. The third kappa shape index (κ3) is 4.63. The molecule has 2 aromatic carbocycles. The maximum Gasteiger partial charge on any atom is 0.283 e. The Morgan fingerprint density at radius 3 is 2.62 bits per heavy atom. The highest BCUT2D eigenvalue weighted by Crippen LogP contribution is 2.33. The number of amidine groups is 1. The van der Waals surface area contributed by atoms with Gasteiger partial charge in [-0.2, -0.15) is 0 Å². The van der Waals surface area contributed by atoms with Gasteiger partial charge in [-0.3, -0.25) is 14.5 Å². The van der Waals surface area contributed by atoms with Crippen LogP contribution < -0.4 is 10.6 Å². The number of hydrogen-bond acceptors (Lipinski definition) is 4. The van der Waals surface area contributed by atoms with Gasteiger partial charge in [0.05, 0.1) is 21.0 Å². The van der Waals surface area contributed by atoms with Crippen molar-refractivity contribution in [1.82, 2.24) is 0 Å². The minimum Gasteiger partial charge on any atom is -0.369 e. The summed E-state index contributed by atoms with van der Waals surface area (Å²) in [5.41, 5.74) is 6.15. The second kappa shape index (κ2) is 8.98. The molecule has 2 aromatic rings. The van der Waals surface area contributed by atoms with Crippen molar-refractivity contribution in [2.75, 3.05) is 4.90 Å². The van der Waals surface area contributed by atoms with Gasteiger partial charge in [0.1, 0.15) is 11.5 Å². The first kappa shape index (κ1) is 21.4. The van der Waals surface area contributed by atoms with E-state index in [4.69, 9.17) is 28.9 Å². The highest BCUT2D eigenvalue weighted by atomic mass is 35.5. The van der Waals surface area contributed by atoms with Crippen LogP contribution in [0.25, 0.3) is 6.08 Å². The summed E-state index contributed by atoms with van der Waals surface area (Å²) in [7, 11) is 0. The van der Waals surface area contributed by atoms with Crippen molar-refractivity contribution in [3.8, 4) is 0 Å². The molecule has 1 atom stereocenters. The van der Waals surface area contributed by atoms with Crippen LogP contribution in [0.5, 0.6) is 0 Å². The predicted molar refractivity (Wildman–Crippen MR) is 117 cm³/mol. The lowest BCUT2D eigenvalue weighted by molar-refractivity contribution is -0.117. The topological polar surface area (TPSA) is 75.8 Å². The predicted octanol–water partition coefficient (Wildman–Crippen LogP) is 4.87. The fourth-order valence-electron chi connectivity index (χ4n) is 2.65. The number of nitrogens with zero attached hydrogens (tertiary/aromatic N) is 2. The van der Waals surface area contributed by atoms with Crippen LogP contribution >= 0.6 is 35.0 Å². The van der Waals surface area contributed by atoms with Crippen molar-refractivity contribution < 1.29 is 14.0 Å². The summed E-state index contributed by atoms with van der Waals surface area (Å²) >= 11 is 13.0. The normalized spacial score (nSPS) is 16.3. The van der Waals surface area contributed by atoms with Gasteiger partial charge in [-0.15, -0.1) is 0 Å². The number of primary amides is 1. The first-order valence-corrected chi connectivity index (χ1v) is 10.3. The number of halogens is 3. The average molecular weight is 452 g/mol. The van der Waals surface area contributed by atoms with Crippen LogP contribution in [0.3, 0.4) is 0 Å². The van der Waals surface area contributed by atoms with Gasteiger partial charge in [0.25, 0.3) is 5.91 Å². The number of para-hydroxylation sites is 1. The van der Waals surface area contributed by atoms with Crippen LogP contribution in [0.1, 0.15) is 18.9 Å². The molecule has 5 nitrogen and oxygen atoms in total. The number of carbonyl (C=O) groups is 2. The molecule has 0 saturated heterocycles. The number of benzene rings is 2. The van der Waals surface area contributed by atoms with E-state index >= 15 is 0 Å². The Kier molecular flexibility index (Phi) is 6.62. The fraction of sp³-hybridized carbons (Fsp3) is 0.150. The Morgan fingerprint density at radius 2 is 2.00 bits per heavy atom. The Morgan fingerprint density at radius 1 is 1.28 bits per heavy atom. The van der Waals surface area contributed by atoms with Crippen LogP contribution in [0.4, 0.5) is 10.1 Å². The van der Waals surface area contributed by atoms with Gasteiger partial charge < -0.3 is 5.73 Å². The molecular weight excluding hydrogens is 436 g/mol.